The highest BCUT2D eigenvalue weighted by Gasteiger charge is 2.18. The summed E-state index contributed by atoms with van der Waals surface area (Å²) >= 11 is 5.64. The van der Waals surface area contributed by atoms with Crippen LogP contribution in [-0.2, 0) is 5.88 Å². The first kappa shape index (κ1) is 8.96. The Morgan fingerprint density at radius 2 is 2.36 bits per heavy atom. The first-order valence-electron chi connectivity index (χ1n) is 3.81. The number of hydrogen-bond donors (Lipinski definition) is 0. The van der Waals surface area contributed by atoms with E-state index in [4.69, 9.17) is 16.0 Å². The number of benzene rings is 1. The third kappa shape index (κ3) is 1.31. The van der Waals surface area contributed by atoms with E-state index in [1.807, 2.05) is 0 Å². The van der Waals surface area contributed by atoms with Crippen LogP contribution in [0, 0.1) is 10.1 Å². The third-order valence-corrected chi connectivity index (χ3v) is 2.07. The molecule has 14 heavy (non-hydrogen) atoms. The maximum Gasteiger partial charge on any atom is 0.546 e. The summed E-state index contributed by atoms with van der Waals surface area (Å²) in [5.41, 5.74) is 1.54. The van der Waals surface area contributed by atoms with Crippen molar-refractivity contribution in [3.63, 3.8) is 0 Å². The van der Waals surface area contributed by atoms with Crippen molar-refractivity contribution < 1.29 is 9.34 Å². The number of rotatable bonds is 2. The Hall–Kier alpha value is -1.62. The molecule has 0 saturated carbocycles. The molecule has 0 radical (unpaired) electrons. The molecule has 1 heterocycles. The summed E-state index contributed by atoms with van der Waals surface area (Å²) in [6.45, 7) is 0. The monoisotopic (exact) mass is 212 g/mol. The zero-order valence-corrected chi connectivity index (χ0v) is 7.69. The van der Waals surface area contributed by atoms with Crippen LogP contribution in [0.3, 0.4) is 0 Å². The Balaban J connectivity index is 2.70. The molecule has 0 aliphatic heterocycles. The Morgan fingerprint density at radius 1 is 1.57 bits per heavy atom. The fourth-order valence-corrected chi connectivity index (χ4v) is 1.39. The van der Waals surface area contributed by atoms with Gasteiger partial charge >= 0.3 is 6.01 Å². The van der Waals surface area contributed by atoms with Crippen LogP contribution in [0.2, 0.25) is 0 Å². The molecule has 6 heteroatoms. The summed E-state index contributed by atoms with van der Waals surface area (Å²) in [5.74, 6) is 0.240. The molecule has 5 nitrogen and oxygen atoms in total. The van der Waals surface area contributed by atoms with E-state index in [2.05, 4.69) is 4.98 Å². The van der Waals surface area contributed by atoms with Crippen molar-refractivity contribution in [2.45, 2.75) is 5.88 Å². The molecule has 0 saturated heterocycles. The summed E-state index contributed by atoms with van der Waals surface area (Å²) < 4.78 is 4.96. The number of oxazole rings is 1. The Morgan fingerprint density at radius 3 is 3.00 bits per heavy atom. The second kappa shape index (κ2) is 3.26. The minimum absolute atomic E-state index is 0.240. The number of alkyl halides is 1. The highest BCUT2D eigenvalue weighted by Crippen LogP contribution is 2.24. The molecule has 1 aromatic carbocycles. The lowest BCUT2D eigenvalue weighted by Crippen LogP contribution is -1.85. The fourth-order valence-electron chi connectivity index (χ4n) is 1.18. The Bertz CT molecular complexity index is 494. The average Bonchev–Trinajstić information content (AvgIpc) is 2.60. The van der Waals surface area contributed by atoms with Gasteiger partial charge in [-0.2, -0.15) is 0 Å². The smallest absolute Gasteiger partial charge is 0.381 e. The van der Waals surface area contributed by atoms with Crippen LogP contribution in [0.5, 0.6) is 0 Å². The summed E-state index contributed by atoms with van der Waals surface area (Å²) in [7, 11) is 0. The fraction of sp³-hybridized carbons (Fsp3) is 0.125. The molecule has 0 N–H and O–H groups in total. The van der Waals surface area contributed by atoms with Crippen LogP contribution in [0.15, 0.2) is 22.6 Å². The van der Waals surface area contributed by atoms with Gasteiger partial charge in [0.2, 0.25) is 5.52 Å². The van der Waals surface area contributed by atoms with Crippen LogP contribution in [0.4, 0.5) is 6.01 Å². The van der Waals surface area contributed by atoms with Gasteiger partial charge in [-0.3, -0.25) is 0 Å². The van der Waals surface area contributed by atoms with E-state index in [1.54, 1.807) is 18.2 Å². The van der Waals surface area contributed by atoms with Gasteiger partial charge in [-0.05, 0) is 6.07 Å². The Kier molecular flexibility index (Phi) is 2.09. The largest absolute Gasteiger partial charge is 0.546 e. The number of fused-ring (bicyclic) bond motifs is 1. The topological polar surface area (TPSA) is 69.2 Å². The van der Waals surface area contributed by atoms with Crippen molar-refractivity contribution in [3.05, 3.63) is 33.9 Å². The number of para-hydroxylation sites is 1. The van der Waals surface area contributed by atoms with Gasteiger partial charge in [-0.1, -0.05) is 12.1 Å². The van der Waals surface area contributed by atoms with Crippen molar-refractivity contribution in [1.82, 2.24) is 4.98 Å². The molecule has 2 rings (SSSR count). The van der Waals surface area contributed by atoms with Gasteiger partial charge in [-0.25, -0.2) is 0 Å². The molecule has 0 aliphatic carbocycles. The summed E-state index contributed by atoms with van der Waals surface area (Å²) in [5, 5.41) is 10.4. The Labute approximate surface area is 83.4 Å². The summed E-state index contributed by atoms with van der Waals surface area (Å²) in [6, 6.07) is 4.61. The van der Waals surface area contributed by atoms with Crippen LogP contribution < -0.4 is 0 Å². The van der Waals surface area contributed by atoms with Gasteiger partial charge in [0.15, 0.2) is 5.58 Å². The molecule has 0 spiro atoms. The van der Waals surface area contributed by atoms with Crippen LogP contribution in [-0.4, -0.2) is 9.91 Å². The normalized spacial score (nSPS) is 10.6. The first-order valence-corrected chi connectivity index (χ1v) is 4.34. The van der Waals surface area contributed by atoms with E-state index in [-0.39, 0.29) is 5.88 Å². The molecule has 0 atom stereocenters. The molecule has 2 aromatic rings. The van der Waals surface area contributed by atoms with Crippen LogP contribution in [0.1, 0.15) is 5.56 Å². The molecule has 0 amide bonds. The highest BCUT2D eigenvalue weighted by molar-refractivity contribution is 6.17. The lowest BCUT2D eigenvalue weighted by Gasteiger charge is -1.90. The van der Waals surface area contributed by atoms with E-state index in [9.17, 15) is 10.1 Å². The first-order chi connectivity index (χ1) is 6.72. The molecule has 72 valence electrons. The number of nitrogens with zero attached hydrogens (tertiary/aromatic N) is 2. The number of aromatic nitrogens is 1. The lowest BCUT2D eigenvalue weighted by atomic mass is 10.2. The summed E-state index contributed by atoms with van der Waals surface area (Å²) in [4.78, 5) is 13.4. The molecule has 0 aliphatic rings. The van der Waals surface area contributed by atoms with Crippen LogP contribution in [0.25, 0.3) is 11.1 Å². The molecule has 0 bridgehead atoms. The van der Waals surface area contributed by atoms with Crippen molar-refractivity contribution in [2.75, 3.05) is 0 Å². The molecule has 1 aromatic heterocycles. The summed E-state index contributed by atoms with van der Waals surface area (Å²) in [6.07, 6.45) is 0. The third-order valence-electron chi connectivity index (χ3n) is 1.79. The van der Waals surface area contributed by atoms with E-state index >= 15 is 0 Å². The minimum Gasteiger partial charge on any atom is -0.381 e. The second-order valence-corrected chi connectivity index (χ2v) is 2.92. The standard InChI is InChI=1S/C8H5ClN2O3/c9-4-5-2-1-3-6-7(5)14-8(10-6)11(12)13/h1-3H,4H2. The number of nitro groups is 1. The molecular formula is C8H5ClN2O3. The highest BCUT2D eigenvalue weighted by atomic mass is 35.5. The zero-order valence-electron chi connectivity index (χ0n) is 6.94. The van der Waals surface area contributed by atoms with Crippen molar-refractivity contribution in [2.24, 2.45) is 0 Å². The zero-order chi connectivity index (χ0) is 10.1. The van der Waals surface area contributed by atoms with Crippen molar-refractivity contribution in [1.29, 1.82) is 0 Å². The van der Waals surface area contributed by atoms with Gasteiger partial charge in [0.1, 0.15) is 0 Å². The van der Waals surface area contributed by atoms with Gasteiger partial charge in [0.05, 0.1) is 5.88 Å². The second-order valence-electron chi connectivity index (χ2n) is 2.65. The maximum atomic E-state index is 10.4. The van der Waals surface area contributed by atoms with E-state index in [0.29, 0.717) is 16.7 Å². The number of hydrogen-bond acceptors (Lipinski definition) is 4. The molecular weight excluding hydrogens is 208 g/mol. The van der Waals surface area contributed by atoms with Gasteiger partial charge in [0, 0.05) is 15.5 Å². The van der Waals surface area contributed by atoms with Crippen molar-refractivity contribution in [3.8, 4) is 0 Å². The van der Waals surface area contributed by atoms with E-state index in [1.165, 1.54) is 0 Å². The van der Waals surface area contributed by atoms with Crippen LogP contribution >= 0.6 is 11.6 Å². The number of halogens is 1. The van der Waals surface area contributed by atoms with E-state index in [0.717, 1.165) is 0 Å². The lowest BCUT2D eigenvalue weighted by molar-refractivity contribution is -0.406. The molecule has 0 fully saturated rings. The predicted octanol–water partition coefficient (Wildman–Crippen LogP) is 2.47. The van der Waals surface area contributed by atoms with E-state index < -0.39 is 10.9 Å². The van der Waals surface area contributed by atoms with Crippen molar-refractivity contribution >= 4 is 28.7 Å². The van der Waals surface area contributed by atoms with Gasteiger partial charge < -0.3 is 14.5 Å². The quantitative estimate of drug-likeness (QED) is 0.436. The average molecular weight is 213 g/mol. The van der Waals surface area contributed by atoms with Gasteiger partial charge in [-0.15, -0.1) is 11.6 Å². The SMILES string of the molecule is O=[N+]([O-])c1nc2cccc(CCl)c2o1. The van der Waals surface area contributed by atoms with Gasteiger partial charge in [0.25, 0.3) is 0 Å². The minimum atomic E-state index is -0.669. The molecule has 0 unspecified atom stereocenters. The maximum absolute atomic E-state index is 10.4. The predicted molar refractivity (Wildman–Crippen MR) is 50.2 cm³/mol.